The van der Waals surface area contributed by atoms with Crippen LogP contribution in [0, 0.1) is 11.3 Å². The standard InChI is InChI=1S/C16H18N2O/c19-15(17-10-16(7-8-16)12-5-6-12)14-9-11-3-1-2-4-13(11)18-14/h1-4,9,12,18H,5-8,10H2,(H,17,19). The molecule has 2 saturated carbocycles. The number of H-pyrrole nitrogens is 1. The molecule has 0 bridgehead atoms. The Morgan fingerprint density at radius 1 is 1.32 bits per heavy atom. The van der Waals surface area contributed by atoms with E-state index >= 15 is 0 Å². The zero-order valence-corrected chi connectivity index (χ0v) is 10.9. The molecule has 2 aromatic rings. The van der Waals surface area contributed by atoms with Crippen LogP contribution in [0.2, 0.25) is 0 Å². The van der Waals surface area contributed by atoms with Crippen molar-refractivity contribution in [3.63, 3.8) is 0 Å². The Bertz CT molecular complexity index is 602. The highest BCUT2D eigenvalue weighted by Gasteiger charge is 2.53. The van der Waals surface area contributed by atoms with Gasteiger partial charge in [0, 0.05) is 17.4 Å². The summed E-state index contributed by atoms with van der Waals surface area (Å²) in [6, 6.07) is 9.92. The molecular weight excluding hydrogens is 236 g/mol. The molecule has 0 atom stereocenters. The molecule has 4 rings (SSSR count). The van der Waals surface area contributed by atoms with Gasteiger partial charge in [0.05, 0.1) is 0 Å². The van der Waals surface area contributed by atoms with Crippen molar-refractivity contribution >= 4 is 16.8 Å². The Hall–Kier alpha value is -1.77. The van der Waals surface area contributed by atoms with E-state index in [9.17, 15) is 4.79 Å². The molecule has 1 aromatic heterocycles. The van der Waals surface area contributed by atoms with Crippen LogP contribution in [0.5, 0.6) is 0 Å². The van der Waals surface area contributed by atoms with Gasteiger partial charge in [-0.15, -0.1) is 0 Å². The number of amides is 1. The molecule has 0 spiro atoms. The van der Waals surface area contributed by atoms with Gasteiger partial charge in [-0.05, 0) is 49.1 Å². The van der Waals surface area contributed by atoms with Crippen LogP contribution in [0.3, 0.4) is 0 Å². The van der Waals surface area contributed by atoms with Crippen molar-refractivity contribution in [2.75, 3.05) is 6.54 Å². The van der Waals surface area contributed by atoms with Gasteiger partial charge in [-0.25, -0.2) is 0 Å². The van der Waals surface area contributed by atoms with E-state index in [0.717, 1.165) is 23.4 Å². The molecule has 2 aliphatic carbocycles. The average Bonchev–Trinajstić information content (AvgIpc) is 3.32. The van der Waals surface area contributed by atoms with E-state index < -0.39 is 0 Å². The molecule has 2 fully saturated rings. The maximum absolute atomic E-state index is 12.2. The summed E-state index contributed by atoms with van der Waals surface area (Å²) in [5, 5.41) is 4.21. The van der Waals surface area contributed by atoms with Crippen molar-refractivity contribution in [1.82, 2.24) is 10.3 Å². The second-order valence-corrected chi connectivity index (χ2v) is 6.09. The predicted octanol–water partition coefficient (Wildman–Crippen LogP) is 3.09. The van der Waals surface area contributed by atoms with E-state index in [0.29, 0.717) is 11.1 Å². The summed E-state index contributed by atoms with van der Waals surface area (Å²) in [6.45, 7) is 0.853. The van der Waals surface area contributed by atoms with Crippen LogP contribution in [0.4, 0.5) is 0 Å². The van der Waals surface area contributed by atoms with Crippen molar-refractivity contribution in [2.24, 2.45) is 11.3 Å². The molecule has 3 heteroatoms. The highest BCUT2D eigenvalue weighted by Crippen LogP contribution is 2.60. The topological polar surface area (TPSA) is 44.9 Å². The summed E-state index contributed by atoms with van der Waals surface area (Å²) in [5.41, 5.74) is 2.16. The number of carbonyl (C=O) groups excluding carboxylic acids is 1. The minimum Gasteiger partial charge on any atom is -0.351 e. The van der Waals surface area contributed by atoms with Gasteiger partial charge >= 0.3 is 0 Å². The van der Waals surface area contributed by atoms with Crippen molar-refractivity contribution in [3.8, 4) is 0 Å². The second kappa shape index (κ2) is 3.86. The number of benzene rings is 1. The first-order valence-corrected chi connectivity index (χ1v) is 7.13. The van der Waals surface area contributed by atoms with Gasteiger partial charge in [0.25, 0.3) is 5.91 Å². The van der Waals surface area contributed by atoms with E-state index in [1.807, 2.05) is 30.3 Å². The molecule has 2 N–H and O–H groups in total. The first-order valence-electron chi connectivity index (χ1n) is 7.13. The fourth-order valence-corrected chi connectivity index (χ4v) is 3.13. The number of hydrogen-bond donors (Lipinski definition) is 2. The van der Waals surface area contributed by atoms with Crippen molar-refractivity contribution in [1.29, 1.82) is 0 Å². The van der Waals surface area contributed by atoms with E-state index in [1.165, 1.54) is 25.7 Å². The van der Waals surface area contributed by atoms with Gasteiger partial charge in [0.2, 0.25) is 0 Å². The zero-order valence-electron chi connectivity index (χ0n) is 10.9. The number of aromatic nitrogens is 1. The minimum absolute atomic E-state index is 0.0307. The third kappa shape index (κ3) is 1.93. The van der Waals surface area contributed by atoms with Crippen LogP contribution in [0.25, 0.3) is 10.9 Å². The molecule has 98 valence electrons. The molecule has 1 heterocycles. The lowest BCUT2D eigenvalue weighted by Gasteiger charge is -2.14. The van der Waals surface area contributed by atoms with E-state index in [2.05, 4.69) is 10.3 Å². The van der Waals surface area contributed by atoms with Crippen LogP contribution in [-0.4, -0.2) is 17.4 Å². The largest absolute Gasteiger partial charge is 0.351 e. The first kappa shape index (κ1) is 11.1. The lowest BCUT2D eigenvalue weighted by molar-refractivity contribution is 0.0938. The summed E-state index contributed by atoms with van der Waals surface area (Å²) in [7, 11) is 0. The average molecular weight is 254 g/mol. The van der Waals surface area contributed by atoms with E-state index in [1.54, 1.807) is 0 Å². The minimum atomic E-state index is 0.0307. The smallest absolute Gasteiger partial charge is 0.267 e. The van der Waals surface area contributed by atoms with Crippen LogP contribution >= 0.6 is 0 Å². The molecule has 0 unspecified atom stereocenters. The number of rotatable bonds is 4. The number of carbonyl (C=O) groups is 1. The Morgan fingerprint density at radius 3 is 2.79 bits per heavy atom. The van der Waals surface area contributed by atoms with Crippen molar-refractivity contribution in [3.05, 3.63) is 36.0 Å². The van der Waals surface area contributed by atoms with Gasteiger partial charge in [0.15, 0.2) is 0 Å². The molecule has 0 radical (unpaired) electrons. The van der Waals surface area contributed by atoms with Crippen LogP contribution in [-0.2, 0) is 0 Å². The SMILES string of the molecule is O=C(NCC1(C2CC2)CC1)c1cc2ccccc2[nH]1. The molecule has 1 amide bonds. The van der Waals surface area contributed by atoms with E-state index in [4.69, 9.17) is 0 Å². The van der Waals surface area contributed by atoms with Crippen molar-refractivity contribution < 1.29 is 4.79 Å². The summed E-state index contributed by atoms with van der Waals surface area (Å²) in [4.78, 5) is 15.4. The predicted molar refractivity (Wildman–Crippen MR) is 75.0 cm³/mol. The number of fused-ring (bicyclic) bond motifs is 1. The van der Waals surface area contributed by atoms with Crippen LogP contribution < -0.4 is 5.32 Å². The zero-order chi connectivity index (χ0) is 12.9. The molecular formula is C16H18N2O. The van der Waals surface area contributed by atoms with Crippen molar-refractivity contribution in [2.45, 2.75) is 25.7 Å². The number of nitrogens with one attached hydrogen (secondary N) is 2. The first-order chi connectivity index (χ1) is 9.27. The van der Waals surface area contributed by atoms with Crippen LogP contribution in [0.15, 0.2) is 30.3 Å². The number of hydrogen-bond acceptors (Lipinski definition) is 1. The molecule has 0 saturated heterocycles. The van der Waals surface area contributed by atoms with E-state index in [-0.39, 0.29) is 5.91 Å². The maximum atomic E-state index is 12.2. The van der Waals surface area contributed by atoms with Gasteiger partial charge in [0.1, 0.15) is 5.69 Å². The molecule has 1 aromatic carbocycles. The fraction of sp³-hybridized carbons (Fsp3) is 0.438. The molecule has 19 heavy (non-hydrogen) atoms. The Morgan fingerprint density at radius 2 is 2.11 bits per heavy atom. The molecule has 0 aliphatic heterocycles. The quantitative estimate of drug-likeness (QED) is 0.865. The second-order valence-electron chi connectivity index (χ2n) is 6.09. The monoisotopic (exact) mass is 254 g/mol. The lowest BCUT2D eigenvalue weighted by atomic mass is 10.0. The van der Waals surface area contributed by atoms with Gasteiger partial charge in [-0.1, -0.05) is 18.2 Å². The third-order valence-corrected chi connectivity index (χ3v) is 4.71. The third-order valence-electron chi connectivity index (χ3n) is 4.71. The Kier molecular flexibility index (Phi) is 2.25. The molecule has 2 aliphatic rings. The fourth-order valence-electron chi connectivity index (χ4n) is 3.13. The van der Waals surface area contributed by atoms with Crippen LogP contribution in [0.1, 0.15) is 36.2 Å². The Labute approximate surface area is 112 Å². The van der Waals surface area contributed by atoms with Gasteiger partial charge in [-0.2, -0.15) is 0 Å². The normalized spacial score (nSPS) is 20.4. The highest BCUT2D eigenvalue weighted by molar-refractivity contribution is 5.98. The van der Waals surface area contributed by atoms with Gasteiger partial charge in [-0.3, -0.25) is 4.79 Å². The summed E-state index contributed by atoms with van der Waals surface area (Å²) >= 11 is 0. The number of aromatic amines is 1. The summed E-state index contributed by atoms with van der Waals surface area (Å²) in [6.07, 6.45) is 5.32. The Balaban J connectivity index is 1.47. The lowest BCUT2D eigenvalue weighted by Crippen LogP contribution is -2.31. The highest BCUT2D eigenvalue weighted by atomic mass is 16.1. The molecule has 3 nitrogen and oxygen atoms in total. The summed E-state index contributed by atoms with van der Waals surface area (Å²) in [5.74, 6) is 0.915. The number of para-hydroxylation sites is 1. The summed E-state index contributed by atoms with van der Waals surface area (Å²) < 4.78 is 0. The maximum Gasteiger partial charge on any atom is 0.267 e. The van der Waals surface area contributed by atoms with Gasteiger partial charge < -0.3 is 10.3 Å².